The molecule has 0 saturated carbocycles. The summed E-state index contributed by atoms with van der Waals surface area (Å²) in [5, 5.41) is 2.03. The fourth-order valence-electron chi connectivity index (χ4n) is 3.14. The Kier molecular flexibility index (Phi) is 4.32. The Morgan fingerprint density at radius 3 is 2.29 bits per heavy atom. The van der Waals surface area contributed by atoms with E-state index in [2.05, 4.69) is 12.7 Å². The summed E-state index contributed by atoms with van der Waals surface area (Å²) in [6.07, 6.45) is 0. The minimum absolute atomic E-state index is 0.0278. The normalized spacial score (nSPS) is 12.0. The maximum absolute atomic E-state index is 12.9. The second-order valence-electron chi connectivity index (χ2n) is 6.24. The molecular formula is C22H12BrIO4. The molecule has 3 aromatic carbocycles. The van der Waals surface area contributed by atoms with Crippen molar-refractivity contribution in [3.05, 3.63) is 101 Å². The van der Waals surface area contributed by atoms with Gasteiger partial charge in [0, 0.05) is 0 Å². The molecule has 6 heteroatoms. The molecule has 5 aromatic rings. The van der Waals surface area contributed by atoms with Crippen LogP contribution in [0.3, 0.4) is 0 Å². The van der Waals surface area contributed by atoms with Gasteiger partial charge in [-0.15, -0.1) is 0 Å². The Bertz CT molecular complexity index is 1490. The molecule has 0 unspecified atom stereocenters. The summed E-state index contributed by atoms with van der Waals surface area (Å²) < 4.78 is 13.3. The quantitative estimate of drug-likeness (QED) is 0.157. The van der Waals surface area contributed by atoms with Gasteiger partial charge in [0.1, 0.15) is 0 Å². The fourth-order valence-corrected chi connectivity index (χ4v) is 8.49. The Morgan fingerprint density at radius 1 is 0.679 bits per heavy atom. The van der Waals surface area contributed by atoms with Crippen molar-refractivity contribution in [2.24, 2.45) is 0 Å². The Labute approximate surface area is 171 Å². The average molecular weight is 547 g/mol. The van der Waals surface area contributed by atoms with Crippen LogP contribution in [-0.2, 0) is 0 Å². The van der Waals surface area contributed by atoms with Crippen molar-refractivity contribution in [2.75, 3.05) is 0 Å². The molecule has 0 radical (unpaired) electrons. The summed E-state index contributed by atoms with van der Waals surface area (Å²) in [5.74, 6) is 0. The van der Waals surface area contributed by atoms with Crippen LogP contribution in [0.4, 0.5) is 0 Å². The zero-order valence-electron chi connectivity index (χ0n) is 14.3. The molecule has 0 amide bonds. The zero-order valence-corrected chi connectivity index (χ0v) is 18.1. The number of para-hydroxylation sites is 1. The first kappa shape index (κ1) is 17.6. The molecule has 0 N–H and O–H groups in total. The minimum atomic E-state index is -1.97. The van der Waals surface area contributed by atoms with Crippen molar-refractivity contribution in [2.45, 2.75) is 0 Å². The SMILES string of the molecule is O=c1ccc2ccc(I(Br)c3ccc4oc5ccccc5c(=O)c4c3)cc2o1. The van der Waals surface area contributed by atoms with Crippen LogP contribution >= 0.6 is 30.3 Å². The third-order valence-corrected chi connectivity index (χ3v) is 12.7. The average Bonchev–Trinajstić information content (AvgIpc) is 2.72. The van der Waals surface area contributed by atoms with Crippen LogP contribution in [0, 0.1) is 7.14 Å². The van der Waals surface area contributed by atoms with E-state index in [0.717, 1.165) is 12.5 Å². The van der Waals surface area contributed by atoms with Crippen LogP contribution in [-0.4, -0.2) is 0 Å². The van der Waals surface area contributed by atoms with Crippen LogP contribution in [0.1, 0.15) is 0 Å². The van der Waals surface area contributed by atoms with Crippen LogP contribution in [0.5, 0.6) is 0 Å². The van der Waals surface area contributed by atoms with E-state index in [1.54, 1.807) is 18.2 Å². The second-order valence-corrected chi connectivity index (χ2v) is 14.1. The zero-order chi connectivity index (χ0) is 19.3. The Balaban J connectivity index is 1.66. The summed E-state index contributed by atoms with van der Waals surface area (Å²) in [7, 11) is 0. The molecule has 0 aliphatic carbocycles. The van der Waals surface area contributed by atoms with Crippen molar-refractivity contribution >= 4 is 63.2 Å². The molecule has 5 rings (SSSR count). The van der Waals surface area contributed by atoms with Crippen LogP contribution in [0.15, 0.2) is 91.2 Å². The third kappa shape index (κ3) is 2.97. The topological polar surface area (TPSA) is 60.4 Å². The molecular weight excluding hydrogens is 535 g/mol. The van der Waals surface area contributed by atoms with Crippen molar-refractivity contribution in [1.29, 1.82) is 0 Å². The second kappa shape index (κ2) is 6.86. The molecule has 4 nitrogen and oxygen atoms in total. The third-order valence-electron chi connectivity index (χ3n) is 4.51. The standard InChI is InChI=1S/C22H12BrIO4/c23-24(15-7-5-13-6-10-21(25)28-20(13)12-15)14-8-9-19-17(11-14)22(26)16-3-1-2-4-18(16)27-19/h1-12H. The van der Waals surface area contributed by atoms with Gasteiger partial charge in [0.2, 0.25) is 0 Å². The summed E-state index contributed by atoms with van der Waals surface area (Å²) in [5.41, 5.74) is 1.34. The molecule has 0 bridgehead atoms. The van der Waals surface area contributed by atoms with E-state index in [0.29, 0.717) is 27.5 Å². The van der Waals surface area contributed by atoms with Crippen molar-refractivity contribution in [1.82, 2.24) is 0 Å². The van der Waals surface area contributed by atoms with Gasteiger partial charge in [-0.2, -0.15) is 0 Å². The number of benzene rings is 3. The van der Waals surface area contributed by atoms with Gasteiger partial charge in [0.05, 0.1) is 0 Å². The summed E-state index contributed by atoms with van der Waals surface area (Å²) in [4.78, 5) is 24.4. The molecule has 0 fully saturated rings. The predicted octanol–water partition coefficient (Wildman–Crippen LogP) is 5.91. The van der Waals surface area contributed by atoms with Gasteiger partial charge < -0.3 is 0 Å². The monoisotopic (exact) mass is 546 g/mol. The number of halogens is 2. The van der Waals surface area contributed by atoms with Gasteiger partial charge in [-0.05, 0) is 0 Å². The Hall–Kier alpha value is -2.45. The van der Waals surface area contributed by atoms with Gasteiger partial charge in [-0.3, -0.25) is 0 Å². The predicted molar refractivity (Wildman–Crippen MR) is 123 cm³/mol. The summed E-state index contributed by atoms with van der Waals surface area (Å²) in [6.45, 7) is 0. The Morgan fingerprint density at radius 2 is 1.39 bits per heavy atom. The maximum atomic E-state index is 12.9. The molecule has 2 aromatic heterocycles. The van der Waals surface area contributed by atoms with E-state index in [1.807, 2.05) is 48.5 Å². The summed E-state index contributed by atoms with van der Waals surface area (Å²) in [6, 6.07) is 22.1. The van der Waals surface area contributed by atoms with Gasteiger partial charge >= 0.3 is 173 Å². The molecule has 2 heterocycles. The first-order chi connectivity index (χ1) is 13.6. The summed E-state index contributed by atoms with van der Waals surface area (Å²) >= 11 is 1.90. The van der Waals surface area contributed by atoms with Crippen molar-refractivity contribution in [3.8, 4) is 0 Å². The van der Waals surface area contributed by atoms with E-state index < -0.39 is 17.6 Å². The van der Waals surface area contributed by atoms with Gasteiger partial charge in [-0.1, -0.05) is 0 Å². The van der Waals surface area contributed by atoms with Gasteiger partial charge in [0.25, 0.3) is 0 Å². The van der Waals surface area contributed by atoms with Crippen molar-refractivity contribution < 1.29 is 8.83 Å². The molecule has 0 atom stereocenters. The van der Waals surface area contributed by atoms with Gasteiger partial charge in [0.15, 0.2) is 0 Å². The molecule has 0 aliphatic rings. The van der Waals surface area contributed by atoms with E-state index in [-0.39, 0.29) is 11.1 Å². The molecule has 0 aliphatic heterocycles. The van der Waals surface area contributed by atoms with E-state index in [1.165, 1.54) is 6.07 Å². The van der Waals surface area contributed by atoms with E-state index in [9.17, 15) is 9.59 Å². The molecule has 138 valence electrons. The van der Waals surface area contributed by atoms with Crippen LogP contribution < -0.4 is 11.1 Å². The first-order valence-electron chi connectivity index (χ1n) is 8.46. The first-order valence-corrected chi connectivity index (χ1v) is 15.5. The fraction of sp³-hybridized carbons (Fsp3) is 0. The van der Waals surface area contributed by atoms with E-state index in [4.69, 9.17) is 8.83 Å². The van der Waals surface area contributed by atoms with Crippen LogP contribution in [0.25, 0.3) is 32.9 Å². The number of hydrogen-bond donors (Lipinski definition) is 0. The molecule has 28 heavy (non-hydrogen) atoms. The number of fused-ring (bicyclic) bond motifs is 3. The number of hydrogen-bond acceptors (Lipinski definition) is 4. The van der Waals surface area contributed by atoms with Gasteiger partial charge in [-0.25, -0.2) is 0 Å². The molecule has 0 saturated heterocycles. The van der Waals surface area contributed by atoms with E-state index >= 15 is 0 Å². The van der Waals surface area contributed by atoms with Crippen LogP contribution in [0.2, 0.25) is 0 Å². The number of rotatable bonds is 2. The van der Waals surface area contributed by atoms with Crippen molar-refractivity contribution in [3.63, 3.8) is 0 Å². The molecule has 0 spiro atoms.